The first-order chi connectivity index (χ1) is 13.1. The Morgan fingerprint density at radius 1 is 1.04 bits per heavy atom. The second kappa shape index (κ2) is 7.93. The molecule has 1 aliphatic heterocycles. The van der Waals surface area contributed by atoms with Crippen molar-refractivity contribution in [1.29, 1.82) is 0 Å². The summed E-state index contributed by atoms with van der Waals surface area (Å²) in [7, 11) is -3.59. The fourth-order valence-corrected chi connectivity index (χ4v) is 6.24. The zero-order valence-electron chi connectivity index (χ0n) is 17.1. The minimum Gasteiger partial charge on any atom is -0.340 e. The van der Waals surface area contributed by atoms with Crippen LogP contribution in [-0.4, -0.2) is 54.7 Å². The molecular formula is C20H27N3O3S2. The average Bonchev–Trinajstić information content (AvgIpc) is 3.05. The van der Waals surface area contributed by atoms with Gasteiger partial charge in [-0.05, 0) is 56.9 Å². The molecule has 0 unspecified atom stereocenters. The number of piperazine rings is 1. The third-order valence-electron chi connectivity index (χ3n) is 5.49. The molecule has 1 aromatic heterocycles. The van der Waals surface area contributed by atoms with Crippen LogP contribution in [0, 0.1) is 34.6 Å². The highest BCUT2D eigenvalue weighted by molar-refractivity contribution is 7.89. The molecule has 0 N–H and O–H groups in total. The quantitative estimate of drug-likeness (QED) is 0.761. The molecule has 0 atom stereocenters. The highest BCUT2D eigenvalue weighted by Gasteiger charge is 2.32. The minimum atomic E-state index is -3.59. The van der Waals surface area contributed by atoms with Crippen LogP contribution in [-0.2, 0) is 21.2 Å². The Kier molecular flexibility index (Phi) is 5.93. The largest absolute Gasteiger partial charge is 0.340 e. The number of carbonyl (C=O) groups excluding carboxylic acids is 1. The maximum atomic E-state index is 13.3. The van der Waals surface area contributed by atoms with Crippen molar-refractivity contribution < 1.29 is 13.2 Å². The van der Waals surface area contributed by atoms with Gasteiger partial charge in [0.15, 0.2) is 0 Å². The molecule has 152 valence electrons. The first kappa shape index (κ1) is 21.0. The van der Waals surface area contributed by atoms with E-state index in [2.05, 4.69) is 4.98 Å². The molecule has 0 saturated carbocycles. The van der Waals surface area contributed by atoms with Crippen LogP contribution in [0.1, 0.15) is 33.0 Å². The second-order valence-electron chi connectivity index (χ2n) is 7.41. The summed E-state index contributed by atoms with van der Waals surface area (Å²) in [6, 6.07) is 2.03. The van der Waals surface area contributed by atoms with Gasteiger partial charge in [0.05, 0.1) is 22.0 Å². The van der Waals surface area contributed by atoms with Crippen LogP contribution in [0.4, 0.5) is 0 Å². The minimum absolute atomic E-state index is 0.00103. The van der Waals surface area contributed by atoms with E-state index in [4.69, 9.17) is 0 Å². The molecule has 1 saturated heterocycles. The number of amides is 1. The number of hydrogen-bond donors (Lipinski definition) is 0. The van der Waals surface area contributed by atoms with E-state index in [0.717, 1.165) is 33.0 Å². The fourth-order valence-electron chi connectivity index (χ4n) is 3.63. The lowest BCUT2D eigenvalue weighted by Gasteiger charge is -2.34. The lowest BCUT2D eigenvalue weighted by atomic mass is 10.0. The van der Waals surface area contributed by atoms with Gasteiger partial charge in [-0.25, -0.2) is 13.4 Å². The van der Waals surface area contributed by atoms with Gasteiger partial charge in [0, 0.05) is 31.6 Å². The average molecular weight is 422 g/mol. The van der Waals surface area contributed by atoms with Crippen molar-refractivity contribution in [3.8, 4) is 0 Å². The van der Waals surface area contributed by atoms with Crippen molar-refractivity contribution in [2.75, 3.05) is 26.2 Å². The standard InChI is InChI=1S/C20H27N3O3S2/c1-13-10-14(2)16(4)20(15(13)3)28(25,26)23-8-6-22(7-9-23)19(24)11-18-12-27-17(5)21-18/h10,12H,6-9,11H2,1-5H3. The smallest absolute Gasteiger partial charge is 0.243 e. The Bertz CT molecular complexity index is 978. The highest BCUT2D eigenvalue weighted by atomic mass is 32.2. The van der Waals surface area contributed by atoms with E-state index < -0.39 is 10.0 Å². The summed E-state index contributed by atoms with van der Waals surface area (Å²) in [5.74, 6) is 0.00103. The Balaban J connectivity index is 1.73. The molecule has 1 aliphatic rings. The topological polar surface area (TPSA) is 70.6 Å². The first-order valence-electron chi connectivity index (χ1n) is 9.37. The Hall–Kier alpha value is -1.77. The Labute approximate surface area is 171 Å². The van der Waals surface area contributed by atoms with E-state index in [9.17, 15) is 13.2 Å². The van der Waals surface area contributed by atoms with Crippen LogP contribution >= 0.6 is 11.3 Å². The Morgan fingerprint density at radius 2 is 1.61 bits per heavy atom. The number of aryl methyl sites for hydroxylation is 3. The molecule has 0 aliphatic carbocycles. The predicted octanol–water partition coefficient (Wildman–Crippen LogP) is 2.76. The zero-order valence-corrected chi connectivity index (χ0v) is 18.7. The van der Waals surface area contributed by atoms with Gasteiger partial charge < -0.3 is 4.90 Å². The number of rotatable bonds is 4. The van der Waals surface area contributed by atoms with Crippen LogP contribution in [0.5, 0.6) is 0 Å². The first-order valence-corrected chi connectivity index (χ1v) is 11.7. The van der Waals surface area contributed by atoms with Crippen LogP contribution in [0.3, 0.4) is 0 Å². The number of nitrogens with zero attached hydrogens (tertiary/aromatic N) is 3. The summed E-state index contributed by atoms with van der Waals surface area (Å²) < 4.78 is 28.1. The maximum absolute atomic E-state index is 13.3. The number of hydrogen-bond acceptors (Lipinski definition) is 5. The summed E-state index contributed by atoms with van der Waals surface area (Å²) in [5.41, 5.74) is 4.35. The third kappa shape index (κ3) is 3.99. The molecule has 28 heavy (non-hydrogen) atoms. The monoisotopic (exact) mass is 421 g/mol. The second-order valence-corrected chi connectivity index (χ2v) is 10.3. The van der Waals surface area contributed by atoms with Crippen LogP contribution in [0.2, 0.25) is 0 Å². The summed E-state index contributed by atoms with van der Waals surface area (Å²) in [6.07, 6.45) is 0.270. The molecule has 3 rings (SSSR count). The SMILES string of the molecule is Cc1nc(CC(=O)N2CCN(S(=O)(=O)c3c(C)c(C)cc(C)c3C)CC2)cs1. The number of benzene rings is 1. The molecule has 8 heteroatoms. The molecule has 2 heterocycles. The summed E-state index contributed by atoms with van der Waals surface area (Å²) >= 11 is 1.53. The zero-order chi connectivity index (χ0) is 20.6. The molecule has 6 nitrogen and oxygen atoms in total. The van der Waals surface area contributed by atoms with Gasteiger partial charge in [-0.1, -0.05) is 6.07 Å². The molecule has 2 aromatic rings. The number of sulfonamides is 1. The van der Waals surface area contributed by atoms with Gasteiger partial charge in [0.2, 0.25) is 15.9 Å². The van der Waals surface area contributed by atoms with Crippen molar-refractivity contribution >= 4 is 27.3 Å². The summed E-state index contributed by atoms with van der Waals surface area (Å²) in [4.78, 5) is 19.0. The lowest BCUT2D eigenvalue weighted by Crippen LogP contribution is -2.51. The van der Waals surface area contributed by atoms with Crippen molar-refractivity contribution in [2.24, 2.45) is 0 Å². The van der Waals surface area contributed by atoms with Gasteiger partial charge in [-0.15, -0.1) is 11.3 Å². The van der Waals surface area contributed by atoms with Crippen LogP contribution in [0.25, 0.3) is 0 Å². The van der Waals surface area contributed by atoms with Crippen molar-refractivity contribution in [1.82, 2.24) is 14.2 Å². The van der Waals surface area contributed by atoms with E-state index in [0.29, 0.717) is 31.1 Å². The predicted molar refractivity (Wildman–Crippen MR) is 111 cm³/mol. The normalized spacial score (nSPS) is 15.8. The fraction of sp³-hybridized carbons (Fsp3) is 0.500. The van der Waals surface area contributed by atoms with Crippen LogP contribution < -0.4 is 0 Å². The molecule has 1 fully saturated rings. The van der Waals surface area contributed by atoms with Gasteiger partial charge in [-0.2, -0.15) is 4.31 Å². The van der Waals surface area contributed by atoms with E-state index in [-0.39, 0.29) is 12.3 Å². The van der Waals surface area contributed by atoms with Gasteiger partial charge in [-0.3, -0.25) is 4.79 Å². The van der Waals surface area contributed by atoms with Gasteiger partial charge >= 0.3 is 0 Å². The molecule has 0 radical (unpaired) electrons. The van der Waals surface area contributed by atoms with Crippen molar-refractivity contribution in [2.45, 2.75) is 45.9 Å². The lowest BCUT2D eigenvalue weighted by molar-refractivity contribution is -0.131. The van der Waals surface area contributed by atoms with E-state index in [1.54, 1.807) is 4.90 Å². The van der Waals surface area contributed by atoms with E-state index in [1.807, 2.05) is 46.1 Å². The number of aromatic nitrogens is 1. The maximum Gasteiger partial charge on any atom is 0.243 e. The molecule has 1 amide bonds. The highest BCUT2D eigenvalue weighted by Crippen LogP contribution is 2.29. The van der Waals surface area contributed by atoms with Gasteiger partial charge in [0.1, 0.15) is 0 Å². The third-order valence-corrected chi connectivity index (χ3v) is 8.48. The number of thiazole rings is 1. The molecule has 0 bridgehead atoms. The van der Waals surface area contributed by atoms with Crippen molar-refractivity contribution in [3.05, 3.63) is 44.4 Å². The summed E-state index contributed by atoms with van der Waals surface area (Å²) in [6.45, 7) is 11.0. The van der Waals surface area contributed by atoms with E-state index in [1.165, 1.54) is 15.6 Å². The number of carbonyl (C=O) groups is 1. The van der Waals surface area contributed by atoms with Crippen LogP contribution in [0.15, 0.2) is 16.3 Å². The Morgan fingerprint density at radius 3 is 2.11 bits per heavy atom. The van der Waals surface area contributed by atoms with E-state index >= 15 is 0 Å². The van der Waals surface area contributed by atoms with Crippen molar-refractivity contribution in [3.63, 3.8) is 0 Å². The summed E-state index contributed by atoms with van der Waals surface area (Å²) in [5, 5.41) is 2.84. The molecule has 0 spiro atoms. The van der Waals surface area contributed by atoms with Gasteiger partial charge in [0.25, 0.3) is 0 Å². The molecule has 1 aromatic carbocycles. The molecular weight excluding hydrogens is 394 g/mol.